The van der Waals surface area contributed by atoms with Gasteiger partial charge < -0.3 is 14.8 Å². The summed E-state index contributed by atoms with van der Waals surface area (Å²) in [5.74, 6) is 0.715. The van der Waals surface area contributed by atoms with Gasteiger partial charge in [-0.25, -0.2) is 0 Å². The Bertz CT molecular complexity index is 399. The predicted octanol–water partition coefficient (Wildman–Crippen LogP) is 1.52. The van der Waals surface area contributed by atoms with Crippen LogP contribution in [0, 0.1) is 0 Å². The molecule has 0 spiro atoms. The first-order valence-corrected chi connectivity index (χ1v) is 6.96. The number of hydrogen-bond acceptors (Lipinski definition) is 3. The number of benzene rings is 1. The van der Waals surface area contributed by atoms with Crippen LogP contribution >= 0.6 is 15.9 Å². The Morgan fingerprint density at radius 1 is 1.61 bits per heavy atom. The normalized spacial score (nSPS) is 18.9. The average molecular weight is 314 g/mol. The van der Waals surface area contributed by atoms with E-state index < -0.39 is 6.10 Å². The molecule has 0 saturated carbocycles. The Kier molecular flexibility index (Phi) is 4.60. The predicted molar refractivity (Wildman–Crippen MR) is 72.2 cm³/mol. The second-order valence-corrected chi connectivity index (χ2v) is 4.88. The van der Waals surface area contributed by atoms with Gasteiger partial charge in [-0.3, -0.25) is 4.79 Å². The van der Waals surface area contributed by atoms with E-state index in [1.807, 2.05) is 24.3 Å². The first-order valence-electron chi connectivity index (χ1n) is 5.84. The minimum atomic E-state index is -0.430. The molecular formula is C13H16BrNO3. The summed E-state index contributed by atoms with van der Waals surface area (Å²) in [6.45, 7) is 0.483. The number of rotatable bonds is 5. The van der Waals surface area contributed by atoms with Gasteiger partial charge in [0.15, 0.2) is 6.10 Å². The molecule has 0 radical (unpaired) electrons. The van der Waals surface area contributed by atoms with Gasteiger partial charge in [0.25, 0.3) is 5.91 Å². The molecule has 0 aromatic heterocycles. The van der Waals surface area contributed by atoms with Crippen molar-refractivity contribution in [2.75, 3.05) is 19.0 Å². The Morgan fingerprint density at radius 3 is 3.06 bits per heavy atom. The Hall–Kier alpha value is -1.07. The standard InChI is InChI=1S/C13H16BrNO3/c1-17-8-10(7-14)15-13(16)12-6-9-4-2-3-5-11(9)18-12/h2-5,10,12H,6-8H2,1H3,(H,15,16). The molecule has 0 saturated heterocycles. The summed E-state index contributed by atoms with van der Waals surface area (Å²) in [7, 11) is 1.61. The van der Waals surface area contributed by atoms with Crippen LogP contribution in [-0.4, -0.2) is 37.1 Å². The van der Waals surface area contributed by atoms with Crippen molar-refractivity contribution in [2.45, 2.75) is 18.6 Å². The van der Waals surface area contributed by atoms with E-state index in [1.165, 1.54) is 0 Å². The van der Waals surface area contributed by atoms with Crippen molar-refractivity contribution >= 4 is 21.8 Å². The molecule has 1 N–H and O–H groups in total. The highest BCUT2D eigenvalue weighted by atomic mass is 79.9. The van der Waals surface area contributed by atoms with Gasteiger partial charge in [-0.15, -0.1) is 0 Å². The van der Waals surface area contributed by atoms with Gasteiger partial charge >= 0.3 is 0 Å². The van der Waals surface area contributed by atoms with Crippen molar-refractivity contribution in [1.29, 1.82) is 0 Å². The summed E-state index contributed by atoms with van der Waals surface area (Å²) in [4.78, 5) is 12.0. The van der Waals surface area contributed by atoms with Crippen molar-refractivity contribution in [3.8, 4) is 5.75 Å². The number of carbonyl (C=O) groups excluding carboxylic acids is 1. The first-order chi connectivity index (χ1) is 8.74. The lowest BCUT2D eigenvalue weighted by Crippen LogP contribution is -2.45. The number of para-hydroxylation sites is 1. The van der Waals surface area contributed by atoms with Crippen molar-refractivity contribution in [1.82, 2.24) is 5.32 Å². The molecule has 98 valence electrons. The molecule has 18 heavy (non-hydrogen) atoms. The van der Waals surface area contributed by atoms with Crippen LogP contribution in [0.1, 0.15) is 5.56 Å². The highest BCUT2D eigenvalue weighted by Gasteiger charge is 2.29. The van der Waals surface area contributed by atoms with Crippen LogP contribution in [0.25, 0.3) is 0 Å². The molecule has 0 bridgehead atoms. The van der Waals surface area contributed by atoms with Crippen LogP contribution in [-0.2, 0) is 16.0 Å². The number of halogens is 1. The third-order valence-electron chi connectivity index (χ3n) is 2.84. The third kappa shape index (κ3) is 3.03. The molecule has 1 aliphatic heterocycles. The zero-order valence-corrected chi connectivity index (χ0v) is 11.8. The van der Waals surface area contributed by atoms with Crippen LogP contribution in [0.4, 0.5) is 0 Å². The first kappa shape index (κ1) is 13.4. The number of ether oxygens (including phenoxy) is 2. The number of amides is 1. The fraction of sp³-hybridized carbons (Fsp3) is 0.462. The van der Waals surface area contributed by atoms with E-state index in [2.05, 4.69) is 21.2 Å². The van der Waals surface area contributed by atoms with E-state index in [1.54, 1.807) is 7.11 Å². The molecule has 1 aromatic rings. The van der Waals surface area contributed by atoms with Crippen LogP contribution in [0.2, 0.25) is 0 Å². The van der Waals surface area contributed by atoms with Crippen molar-refractivity contribution in [3.63, 3.8) is 0 Å². The molecule has 1 heterocycles. The lowest BCUT2D eigenvalue weighted by atomic mass is 10.1. The SMILES string of the molecule is COCC(CBr)NC(=O)C1Cc2ccccc2O1. The van der Waals surface area contributed by atoms with E-state index in [4.69, 9.17) is 9.47 Å². The molecule has 0 fully saturated rings. The van der Waals surface area contributed by atoms with Crippen LogP contribution in [0.15, 0.2) is 24.3 Å². The molecule has 5 heteroatoms. The largest absolute Gasteiger partial charge is 0.480 e. The summed E-state index contributed by atoms with van der Waals surface area (Å²) in [6, 6.07) is 7.70. The smallest absolute Gasteiger partial charge is 0.261 e. The summed E-state index contributed by atoms with van der Waals surface area (Å²) in [5, 5.41) is 3.57. The second kappa shape index (κ2) is 6.20. The maximum absolute atomic E-state index is 12.0. The fourth-order valence-electron chi connectivity index (χ4n) is 1.95. The number of hydrogen-bond donors (Lipinski definition) is 1. The third-order valence-corrected chi connectivity index (χ3v) is 3.62. The Morgan fingerprint density at radius 2 is 2.39 bits per heavy atom. The summed E-state index contributed by atoms with van der Waals surface area (Å²) in [6.07, 6.45) is 0.199. The summed E-state index contributed by atoms with van der Waals surface area (Å²) >= 11 is 3.35. The lowest BCUT2D eigenvalue weighted by molar-refractivity contribution is -0.128. The van der Waals surface area contributed by atoms with Crippen LogP contribution in [0.3, 0.4) is 0 Å². The number of fused-ring (bicyclic) bond motifs is 1. The van der Waals surface area contributed by atoms with Gasteiger partial charge in [0.1, 0.15) is 5.75 Å². The minimum Gasteiger partial charge on any atom is -0.480 e. The molecule has 1 aromatic carbocycles. The van der Waals surface area contributed by atoms with Crippen LogP contribution in [0.5, 0.6) is 5.75 Å². The average Bonchev–Trinajstić information content (AvgIpc) is 2.82. The molecule has 0 aliphatic carbocycles. The van der Waals surface area contributed by atoms with E-state index in [0.29, 0.717) is 18.4 Å². The van der Waals surface area contributed by atoms with Crippen molar-refractivity contribution < 1.29 is 14.3 Å². The zero-order valence-electron chi connectivity index (χ0n) is 10.2. The summed E-state index contributed by atoms with van der Waals surface area (Å²) < 4.78 is 10.7. The van der Waals surface area contributed by atoms with Gasteiger partial charge in [0.05, 0.1) is 12.6 Å². The number of methoxy groups -OCH3 is 1. The van der Waals surface area contributed by atoms with E-state index in [-0.39, 0.29) is 11.9 Å². The van der Waals surface area contributed by atoms with Gasteiger partial charge in [0.2, 0.25) is 0 Å². The second-order valence-electron chi connectivity index (χ2n) is 4.23. The number of alkyl halides is 1. The van der Waals surface area contributed by atoms with Gasteiger partial charge in [-0.2, -0.15) is 0 Å². The maximum Gasteiger partial charge on any atom is 0.261 e. The Balaban J connectivity index is 1.92. The fourth-order valence-corrected chi connectivity index (χ4v) is 2.30. The zero-order chi connectivity index (χ0) is 13.0. The monoisotopic (exact) mass is 313 g/mol. The van der Waals surface area contributed by atoms with Gasteiger partial charge in [0, 0.05) is 18.9 Å². The van der Waals surface area contributed by atoms with Gasteiger partial charge in [-0.1, -0.05) is 34.1 Å². The van der Waals surface area contributed by atoms with Gasteiger partial charge in [-0.05, 0) is 11.6 Å². The molecule has 2 atom stereocenters. The topological polar surface area (TPSA) is 47.6 Å². The maximum atomic E-state index is 12.0. The molecule has 2 rings (SSSR count). The molecular weight excluding hydrogens is 298 g/mol. The summed E-state index contributed by atoms with van der Waals surface area (Å²) in [5.41, 5.74) is 1.08. The highest BCUT2D eigenvalue weighted by Crippen LogP contribution is 2.28. The molecule has 1 amide bonds. The highest BCUT2D eigenvalue weighted by molar-refractivity contribution is 9.09. The van der Waals surface area contributed by atoms with Crippen LogP contribution < -0.4 is 10.1 Å². The lowest BCUT2D eigenvalue weighted by Gasteiger charge is -2.18. The van der Waals surface area contributed by atoms with Crippen molar-refractivity contribution in [3.05, 3.63) is 29.8 Å². The van der Waals surface area contributed by atoms with Crippen molar-refractivity contribution in [2.24, 2.45) is 0 Å². The van der Waals surface area contributed by atoms with E-state index in [0.717, 1.165) is 11.3 Å². The van der Waals surface area contributed by atoms with E-state index in [9.17, 15) is 4.79 Å². The molecule has 2 unspecified atom stereocenters. The van der Waals surface area contributed by atoms with E-state index >= 15 is 0 Å². The minimum absolute atomic E-state index is 0.0326. The molecule has 1 aliphatic rings. The quantitative estimate of drug-likeness (QED) is 0.838. The molecule has 4 nitrogen and oxygen atoms in total. The number of carbonyl (C=O) groups is 1. The number of nitrogens with one attached hydrogen (secondary N) is 1. The Labute approximate surface area is 115 Å².